The predicted octanol–water partition coefficient (Wildman–Crippen LogP) is 0.111. The van der Waals surface area contributed by atoms with Gasteiger partial charge in [0.25, 0.3) is 11.8 Å². The molecule has 0 radical (unpaired) electrons. The van der Waals surface area contributed by atoms with Gasteiger partial charge in [-0.2, -0.15) is 4.57 Å². The van der Waals surface area contributed by atoms with Crippen LogP contribution in [0.2, 0.25) is 0 Å². The molecule has 2 amide bonds. The highest BCUT2D eigenvalue weighted by Gasteiger charge is 2.54. The molecule has 0 unspecified atom stereocenters. The topological polar surface area (TPSA) is 151 Å². The highest BCUT2D eigenvalue weighted by atomic mass is 32.2. The van der Waals surface area contributed by atoms with Crippen LogP contribution in [0, 0.1) is 6.92 Å². The van der Waals surface area contributed by atoms with E-state index in [1.165, 1.54) is 23.8 Å². The van der Waals surface area contributed by atoms with Crippen molar-refractivity contribution in [2.45, 2.75) is 24.9 Å². The summed E-state index contributed by atoms with van der Waals surface area (Å²) in [7, 11) is 1.29. The van der Waals surface area contributed by atoms with E-state index in [4.69, 9.17) is 10.6 Å². The van der Waals surface area contributed by atoms with Gasteiger partial charge in [0.2, 0.25) is 0 Å². The van der Waals surface area contributed by atoms with Gasteiger partial charge in [0.1, 0.15) is 29.9 Å². The number of hydrogen-bond donors (Lipinski definition) is 3. The molecule has 2 aromatic rings. The van der Waals surface area contributed by atoms with Crippen molar-refractivity contribution in [1.82, 2.24) is 15.2 Å². The smallest absolute Gasteiger partial charge is 0.352 e. The zero-order valence-corrected chi connectivity index (χ0v) is 19.4. The number of aryl methyl sites for hydroxylation is 1. The average Bonchev–Trinajstić information content (AvgIpc) is 3.22. The third-order valence-electron chi connectivity index (χ3n) is 5.23. The minimum Gasteiger partial charge on any atom is -0.477 e. The molecule has 0 aliphatic carbocycles. The van der Waals surface area contributed by atoms with E-state index in [-0.39, 0.29) is 22.2 Å². The Kier molecular flexibility index (Phi) is 6.33. The first kappa shape index (κ1) is 22.7. The first-order valence-corrected chi connectivity index (χ1v) is 11.7. The molecule has 1 fully saturated rings. The number of rotatable bonds is 7. The van der Waals surface area contributed by atoms with Crippen LogP contribution in [0.5, 0.6) is 0 Å². The van der Waals surface area contributed by atoms with Crippen molar-refractivity contribution in [1.29, 1.82) is 0 Å². The molecule has 2 aliphatic heterocycles. The van der Waals surface area contributed by atoms with E-state index in [1.807, 2.05) is 35.9 Å². The minimum atomic E-state index is -1.18. The number of carbonyl (C=O) groups is 3. The predicted molar refractivity (Wildman–Crippen MR) is 121 cm³/mol. The minimum absolute atomic E-state index is 0.0388. The monoisotopic (exact) mass is 489 g/mol. The van der Waals surface area contributed by atoms with E-state index >= 15 is 0 Å². The van der Waals surface area contributed by atoms with Crippen LogP contribution in [0.15, 0.2) is 46.2 Å². The number of nitrogens with one attached hydrogen (secondary N) is 1. The molecule has 1 saturated heterocycles. The number of nitrogens with two attached hydrogens (primary N) is 1. The number of aliphatic carboxylic acids is 1. The molecule has 0 aromatic carbocycles. The van der Waals surface area contributed by atoms with E-state index in [0.29, 0.717) is 17.9 Å². The van der Waals surface area contributed by atoms with Crippen molar-refractivity contribution in [2.24, 2.45) is 5.16 Å². The van der Waals surface area contributed by atoms with Crippen molar-refractivity contribution in [2.75, 3.05) is 18.6 Å². The molecule has 4 N–H and O–H groups in total. The Morgan fingerprint density at radius 3 is 2.88 bits per heavy atom. The van der Waals surface area contributed by atoms with Gasteiger partial charge in [0, 0.05) is 35.8 Å². The third kappa shape index (κ3) is 4.28. The highest BCUT2D eigenvalue weighted by Crippen LogP contribution is 2.40. The number of carboxylic acid groups (broad SMARTS) is 1. The molecule has 172 valence electrons. The van der Waals surface area contributed by atoms with Crippen molar-refractivity contribution in [3.05, 3.63) is 52.4 Å². The Balaban J connectivity index is 1.54. The maximum atomic E-state index is 12.9. The Labute approximate surface area is 196 Å². The summed E-state index contributed by atoms with van der Waals surface area (Å²) in [5.41, 5.74) is 7.29. The second-order valence-electron chi connectivity index (χ2n) is 7.28. The van der Waals surface area contributed by atoms with Crippen molar-refractivity contribution in [3.63, 3.8) is 0 Å². The summed E-state index contributed by atoms with van der Waals surface area (Å²) >= 11 is 2.53. The van der Waals surface area contributed by atoms with E-state index in [0.717, 1.165) is 17.0 Å². The molecule has 0 saturated carbocycles. The summed E-state index contributed by atoms with van der Waals surface area (Å²) in [6, 6.07) is 4.79. The summed E-state index contributed by atoms with van der Waals surface area (Å²) in [5, 5.41) is 17.5. The number of anilines is 1. The average molecular weight is 490 g/mol. The van der Waals surface area contributed by atoms with E-state index in [9.17, 15) is 19.5 Å². The fourth-order valence-electron chi connectivity index (χ4n) is 3.65. The number of oxime groups is 1. The van der Waals surface area contributed by atoms with Gasteiger partial charge < -0.3 is 21.0 Å². The number of pyridine rings is 1. The largest absolute Gasteiger partial charge is 0.477 e. The van der Waals surface area contributed by atoms with Gasteiger partial charge in [-0.3, -0.25) is 14.5 Å². The Morgan fingerprint density at radius 2 is 2.24 bits per heavy atom. The van der Waals surface area contributed by atoms with Gasteiger partial charge >= 0.3 is 5.97 Å². The first-order chi connectivity index (χ1) is 15.8. The van der Waals surface area contributed by atoms with Crippen LogP contribution in [-0.2, 0) is 25.8 Å². The summed E-state index contributed by atoms with van der Waals surface area (Å²) in [6.07, 6.45) is 1.86. The molecule has 4 rings (SSSR count). The number of aromatic nitrogens is 2. The molecule has 0 bridgehead atoms. The molecule has 0 spiro atoms. The van der Waals surface area contributed by atoms with Gasteiger partial charge in [0.05, 0.1) is 0 Å². The molecule has 33 heavy (non-hydrogen) atoms. The van der Waals surface area contributed by atoms with Gasteiger partial charge in [-0.05, 0) is 0 Å². The Morgan fingerprint density at radius 1 is 1.45 bits per heavy atom. The zero-order chi connectivity index (χ0) is 23.7. The molecule has 2 aliphatic rings. The number of thiazole rings is 1. The maximum Gasteiger partial charge on any atom is 0.352 e. The normalized spacial score (nSPS) is 20.2. The van der Waals surface area contributed by atoms with Gasteiger partial charge in [0.15, 0.2) is 29.3 Å². The first-order valence-electron chi connectivity index (χ1n) is 9.80. The number of nitrogens with zero attached hydrogens (tertiary/aromatic N) is 4. The second-order valence-corrected chi connectivity index (χ2v) is 9.28. The standard InChI is InChI=1S/C20H20N6O5S2/c1-10-5-3-4-6-25(10)7-11-8-32-18-14(17(28)26(18)15(11)19(29)30)23-16(27)13(24-31-2)12-9-33-20(21)22-12/h3-6,9,14,18H,7-8H2,1-2H3,(H3-,21,22,23,27,29,30)/p+1/b24-13-/t14-,18+/m1/s1. The number of thioether (sulfide) groups is 1. The molecular formula is C20H21N6O5S2+. The van der Waals surface area contributed by atoms with Crippen LogP contribution in [0.25, 0.3) is 0 Å². The lowest BCUT2D eigenvalue weighted by Gasteiger charge is -2.49. The number of hydrogen-bond acceptors (Lipinski definition) is 9. The fourth-order valence-corrected chi connectivity index (χ4v) is 5.53. The van der Waals surface area contributed by atoms with Crippen LogP contribution in [0.4, 0.5) is 5.13 Å². The molecule has 13 heteroatoms. The molecule has 11 nitrogen and oxygen atoms in total. The molecular weight excluding hydrogens is 468 g/mol. The number of fused-ring (bicyclic) bond motifs is 1. The number of carbonyl (C=O) groups excluding carboxylic acids is 2. The number of carboxylic acids is 1. The van der Waals surface area contributed by atoms with Crippen LogP contribution >= 0.6 is 23.1 Å². The summed E-state index contributed by atoms with van der Waals surface area (Å²) < 4.78 is 1.93. The lowest BCUT2D eigenvalue weighted by atomic mass is 10.0. The van der Waals surface area contributed by atoms with Crippen LogP contribution in [0.1, 0.15) is 11.4 Å². The SMILES string of the molecule is CO/N=C(\C(=O)N[C@@H]1C(=O)N2C(C(=O)O)=C(C[n+]3ccccc3C)CS[C@@H]12)c1csc(N)n1. The zero-order valence-electron chi connectivity index (χ0n) is 17.7. The van der Waals surface area contributed by atoms with Gasteiger partial charge in [-0.1, -0.05) is 11.2 Å². The fraction of sp³-hybridized carbons (Fsp3) is 0.300. The van der Waals surface area contributed by atoms with E-state index in [1.54, 1.807) is 5.38 Å². The lowest BCUT2D eigenvalue weighted by Crippen LogP contribution is -2.71. The lowest BCUT2D eigenvalue weighted by molar-refractivity contribution is -0.695. The van der Waals surface area contributed by atoms with Gasteiger partial charge in [-0.15, -0.1) is 23.1 Å². The van der Waals surface area contributed by atoms with E-state index < -0.39 is 29.2 Å². The summed E-state index contributed by atoms with van der Waals surface area (Å²) in [5.74, 6) is -1.93. The third-order valence-corrected chi connectivity index (χ3v) is 7.24. The Hall–Kier alpha value is -3.45. The molecule has 2 aromatic heterocycles. The highest BCUT2D eigenvalue weighted by molar-refractivity contribution is 8.00. The van der Waals surface area contributed by atoms with E-state index in [2.05, 4.69) is 15.5 Å². The molecule has 4 heterocycles. The van der Waals surface area contributed by atoms with Crippen LogP contribution in [0.3, 0.4) is 0 Å². The maximum absolute atomic E-state index is 12.9. The summed E-state index contributed by atoms with van der Waals surface area (Å²) in [4.78, 5) is 47.8. The summed E-state index contributed by atoms with van der Waals surface area (Å²) in [6.45, 7) is 2.28. The van der Waals surface area contributed by atoms with Crippen molar-refractivity contribution >= 4 is 51.7 Å². The molecule has 2 atom stereocenters. The van der Waals surface area contributed by atoms with Crippen molar-refractivity contribution in [3.8, 4) is 0 Å². The van der Waals surface area contributed by atoms with Crippen LogP contribution in [-0.4, -0.2) is 62.8 Å². The second kappa shape index (κ2) is 9.19. The quantitative estimate of drug-likeness (QED) is 0.215. The van der Waals surface area contributed by atoms with Gasteiger partial charge in [-0.25, -0.2) is 9.78 Å². The van der Waals surface area contributed by atoms with Crippen molar-refractivity contribution < 1.29 is 28.9 Å². The number of nitrogen functional groups attached to an aromatic ring is 1. The number of amides is 2. The van der Waals surface area contributed by atoms with Crippen LogP contribution < -0.4 is 15.6 Å². The Bertz CT molecular complexity index is 1190. The number of β-lactam (4-membered cyclic amide) rings is 1.